The summed E-state index contributed by atoms with van der Waals surface area (Å²) in [5.41, 5.74) is 2.70. The van der Waals surface area contributed by atoms with Gasteiger partial charge in [0.15, 0.2) is 0 Å². The van der Waals surface area contributed by atoms with Crippen molar-refractivity contribution >= 4 is 28.9 Å². The van der Waals surface area contributed by atoms with Gasteiger partial charge in [-0.3, -0.25) is 4.79 Å². The summed E-state index contributed by atoms with van der Waals surface area (Å²) in [5.74, 6) is 0.510. The first-order chi connectivity index (χ1) is 10.6. The van der Waals surface area contributed by atoms with Crippen LogP contribution in [0.5, 0.6) is 5.75 Å². The van der Waals surface area contributed by atoms with Gasteiger partial charge < -0.3 is 15.4 Å². The van der Waals surface area contributed by atoms with Crippen molar-refractivity contribution < 1.29 is 9.53 Å². The fraction of sp³-hybridized carbons (Fsp3) is 0.235. The van der Waals surface area contributed by atoms with Crippen LogP contribution in [0, 0.1) is 0 Å². The molecule has 2 aromatic carbocycles. The predicted molar refractivity (Wildman–Crippen MR) is 90.9 cm³/mol. The molecule has 0 unspecified atom stereocenters. The molecular weight excluding hydrogens is 300 g/mol. The Morgan fingerprint density at radius 2 is 1.91 bits per heavy atom. The Morgan fingerprint density at radius 3 is 2.55 bits per heavy atom. The van der Waals surface area contributed by atoms with E-state index >= 15 is 0 Å². The zero-order valence-electron chi connectivity index (χ0n) is 12.7. The molecule has 0 aliphatic carbocycles. The molecule has 4 nitrogen and oxygen atoms in total. The monoisotopic (exact) mass is 318 g/mol. The Bertz CT molecular complexity index is 642. The molecule has 1 amide bonds. The van der Waals surface area contributed by atoms with E-state index in [1.807, 2.05) is 24.3 Å². The highest BCUT2D eigenvalue weighted by Gasteiger charge is 2.07. The van der Waals surface area contributed by atoms with Crippen LogP contribution in [0.3, 0.4) is 0 Å². The third kappa shape index (κ3) is 4.40. The largest absolute Gasteiger partial charge is 0.495 e. The normalized spacial score (nSPS) is 10.1. The number of carbonyl (C=O) groups is 1. The van der Waals surface area contributed by atoms with Crippen LogP contribution in [0.4, 0.5) is 11.4 Å². The first-order valence-corrected chi connectivity index (χ1v) is 7.46. The summed E-state index contributed by atoms with van der Waals surface area (Å²) in [6, 6.07) is 13.0. The number of amides is 1. The summed E-state index contributed by atoms with van der Waals surface area (Å²) in [4.78, 5) is 12.0. The van der Waals surface area contributed by atoms with Gasteiger partial charge in [-0.2, -0.15) is 0 Å². The summed E-state index contributed by atoms with van der Waals surface area (Å²) in [5, 5.41) is 6.45. The van der Waals surface area contributed by atoms with Crippen LogP contribution in [0.15, 0.2) is 42.5 Å². The highest BCUT2D eigenvalue weighted by Crippen LogP contribution is 2.27. The van der Waals surface area contributed by atoms with E-state index in [9.17, 15) is 4.79 Å². The number of rotatable bonds is 6. The van der Waals surface area contributed by atoms with Crippen LogP contribution in [0.25, 0.3) is 0 Å². The molecule has 0 aliphatic rings. The minimum Gasteiger partial charge on any atom is -0.495 e. The molecule has 2 N–H and O–H groups in total. The van der Waals surface area contributed by atoms with Crippen LogP contribution in [-0.4, -0.2) is 19.6 Å². The van der Waals surface area contributed by atoms with Gasteiger partial charge in [0.25, 0.3) is 0 Å². The molecule has 22 heavy (non-hydrogen) atoms. The average molecular weight is 319 g/mol. The Kier molecular flexibility index (Phi) is 5.67. The van der Waals surface area contributed by atoms with Crippen molar-refractivity contribution in [2.45, 2.75) is 13.3 Å². The number of aryl methyl sites for hydroxylation is 1. The number of hydrogen-bond acceptors (Lipinski definition) is 3. The van der Waals surface area contributed by atoms with Crippen molar-refractivity contribution in [1.82, 2.24) is 0 Å². The third-order valence-electron chi connectivity index (χ3n) is 3.25. The molecule has 116 valence electrons. The molecule has 2 aromatic rings. The average Bonchev–Trinajstić information content (AvgIpc) is 2.54. The van der Waals surface area contributed by atoms with Crippen molar-refractivity contribution in [2.75, 3.05) is 24.3 Å². The maximum Gasteiger partial charge on any atom is 0.243 e. The van der Waals surface area contributed by atoms with E-state index in [2.05, 4.69) is 17.6 Å². The van der Waals surface area contributed by atoms with E-state index in [0.717, 1.165) is 12.1 Å². The molecule has 0 spiro atoms. The van der Waals surface area contributed by atoms with E-state index in [-0.39, 0.29) is 12.5 Å². The van der Waals surface area contributed by atoms with Gasteiger partial charge in [0, 0.05) is 10.7 Å². The van der Waals surface area contributed by atoms with Crippen molar-refractivity contribution in [3.8, 4) is 5.75 Å². The van der Waals surface area contributed by atoms with Crippen molar-refractivity contribution in [2.24, 2.45) is 0 Å². The summed E-state index contributed by atoms with van der Waals surface area (Å²) < 4.78 is 5.22. The summed E-state index contributed by atoms with van der Waals surface area (Å²) in [6.45, 7) is 2.22. The molecule has 0 radical (unpaired) electrons. The number of nitrogens with one attached hydrogen (secondary N) is 2. The molecule has 0 heterocycles. The number of carbonyl (C=O) groups excluding carboxylic acids is 1. The lowest BCUT2D eigenvalue weighted by molar-refractivity contribution is -0.114. The van der Waals surface area contributed by atoms with Crippen LogP contribution in [-0.2, 0) is 11.2 Å². The zero-order chi connectivity index (χ0) is 15.9. The number of benzene rings is 2. The highest BCUT2D eigenvalue weighted by atomic mass is 35.5. The molecule has 0 atom stereocenters. The van der Waals surface area contributed by atoms with Crippen LogP contribution in [0.1, 0.15) is 12.5 Å². The first kappa shape index (κ1) is 16.2. The summed E-state index contributed by atoms with van der Waals surface area (Å²) >= 11 is 5.95. The van der Waals surface area contributed by atoms with Crippen LogP contribution >= 0.6 is 11.6 Å². The number of hydrogen-bond donors (Lipinski definition) is 2. The second-order valence-corrected chi connectivity index (χ2v) is 5.23. The number of halogens is 1. The Morgan fingerprint density at radius 1 is 1.18 bits per heavy atom. The summed E-state index contributed by atoms with van der Waals surface area (Å²) in [7, 11) is 1.57. The van der Waals surface area contributed by atoms with E-state index in [0.29, 0.717) is 16.5 Å². The molecule has 0 aliphatic heterocycles. The second-order valence-electron chi connectivity index (χ2n) is 4.80. The van der Waals surface area contributed by atoms with Crippen molar-refractivity contribution in [3.63, 3.8) is 0 Å². The zero-order valence-corrected chi connectivity index (χ0v) is 13.4. The number of anilines is 2. The van der Waals surface area contributed by atoms with Gasteiger partial charge in [-0.25, -0.2) is 0 Å². The molecule has 0 fully saturated rings. The summed E-state index contributed by atoms with van der Waals surface area (Å²) in [6.07, 6.45) is 0.977. The molecular formula is C17H19ClN2O2. The van der Waals surface area contributed by atoms with E-state index in [4.69, 9.17) is 16.3 Å². The quantitative estimate of drug-likeness (QED) is 0.847. The van der Waals surface area contributed by atoms with Gasteiger partial charge in [-0.05, 0) is 42.3 Å². The van der Waals surface area contributed by atoms with E-state index in [1.165, 1.54) is 5.56 Å². The molecule has 0 aromatic heterocycles. The van der Waals surface area contributed by atoms with Crippen molar-refractivity contribution in [3.05, 3.63) is 53.1 Å². The van der Waals surface area contributed by atoms with E-state index in [1.54, 1.807) is 25.3 Å². The second kappa shape index (κ2) is 7.71. The van der Waals surface area contributed by atoms with Gasteiger partial charge in [-0.15, -0.1) is 0 Å². The smallest absolute Gasteiger partial charge is 0.243 e. The molecule has 0 bridgehead atoms. The molecule has 0 saturated heterocycles. The first-order valence-electron chi connectivity index (χ1n) is 7.08. The molecule has 5 heteroatoms. The topological polar surface area (TPSA) is 50.4 Å². The number of ether oxygens (including phenoxy) is 1. The maximum absolute atomic E-state index is 12.0. The molecule has 2 rings (SSSR count). The fourth-order valence-corrected chi connectivity index (χ4v) is 2.19. The van der Waals surface area contributed by atoms with Gasteiger partial charge in [-0.1, -0.05) is 30.7 Å². The minimum absolute atomic E-state index is 0.131. The van der Waals surface area contributed by atoms with Gasteiger partial charge in [0.2, 0.25) is 5.91 Å². The lowest BCUT2D eigenvalue weighted by Gasteiger charge is -2.12. The van der Waals surface area contributed by atoms with Crippen LogP contribution in [0.2, 0.25) is 5.02 Å². The SMILES string of the molecule is CCc1ccc(NC(=O)CNc2cc(Cl)ccc2OC)cc1. The van der Waals surface area contributed by atoms with Gasteiger partial charge in [0.05, 0.1) is 19.3 Å². The van der Waals surface area contributed by atoms with Gasteiger partial charge >= 0.3 is 0 Å². The standard InChI is InChI=1S/C17H19ClN2O2/c1-3-12-4-7-14(8-5-12)20-17(21)11-19-15-10-13(18)6-9-16(15)22-2/h4-10,19H,3,11H2,1-2H3,(H,20,21). The number of methoxy groups -OCH3 is 1. The Hall–Kier alpha value is -2.20. The van der Waals surface area contributed by atoms with E-state index < -0.39 is 0 Å². The molecule has 0 saturated carbocycles. The Labute approximate surface area is 135 Å². The minimum atomic E-state index is -0.133. The van der Waals surface area contributed by atoms with Crippen molar-refractivity contribution in [1.29, 1.82) is 0 Å². The van der Waals surface area contributed by atoms with Crippen LogP contribution < -0.4 is 15.4 Å². The van der Waals surface area contributed by atoms with Gasteiger partial charge in [0.1, 0.15) is 5.75 Å². The Balaban J connectivity index is 1.93. The predicted octanol–water partition coefficient (Wildman–Crippen LogP) is 3.96. The fourth-order valence-electron chi connectivity index (χ4n) is 2.02. The lowest BCUT2D eigenvalue weighted by Crippen LogP contribution is -2.21. The maximum atomic E-state index is 12.0. The lowest BCUT2D eigenvalue weighted by atomic mass is 10.1. The third-order valence-corrected chi connectivity index (χ3v) is 3.48. The highest BCUT2D eigenvalue weighted by molar-refractivity contribution is 6.30.